The normalized spacial score (nSPS) is 23.7. The molecular formula is C13H15ClINO2. The van der Waals surface area contributed by atoms with Gasteiger partial charge < -0.3 is 10.4 Å². The number of hydrogen-bond acceptors (Lipinski definition) is 2. The highest BCUT2D eigenvalue weighted by Crippen LogP contribution is 2.21. The maximum atomic E-state index is 12.1. The molecule has 1 saturated carbocycles. The van der Waals surface area contributed by atoms with Crippen LogP contribution in [-0.2, 0) is 0 Å². The topological polar surface area (TPSA) is 49.3 Å². The molecule has 0 saturated heterocycles. The Morgan fingerprint density at radius 1 is 1.39 bits per heavy atom. The molecule has 1 aromatic rings. The van der Waals surface area contributed by atoms with Gasteiger partial charge in [0.05, 0.1) is 17.7 Å². The summed E-state index contributed by atoms with van der Waals surface area (Å²) < 4.78 is 0.861. The third-order valence-electron chi connectivity index (χ3n) is 3.22. The molecule has 0 bridgehead atoms. The molecule has 0 aromatic heterocycles. The molecule has 2 rings (SSSR count). The van der Waals surface area contributed by atoms with E-state index in [1.165, 1.54) is 0 Å². The quantitative estimate of drug-likeness (QED) is 0.776. The fraction of sp³-hybridized carbons (Fsp3) is 0.462. The second-order valence-electron chi connectivity index (χ2n) is 4.56. The molecule has 0 aliphatic heterocycles. The van der Waals surface area contributed by atoms with Crippen LogP contribution in [-0.4, -0.2) is 23.2 Å². The molecular weight excluding hydrogens is 365 g/mol. The van der Waals surface area contributed by atoms with Crippen molar-refractivity contribution in [2.75, 3.05) is 0 Å². The molecule has 5 heteroatoms. The summed E-state index contributed by atoms with van der Waals surface area (Å²) in [5, 5.41) is 13.3. The van der Waals surface area contributed by atoms with Gasteiger partial charge in [0.1, 0.15) is 0 Å². The summed E-state index contributed by atoms with van der Waals surface area (Å²) in [6.07, 6.45) is 3.25. The Morgan fingerprint density at radius 2 is 2.11 bits per heavy atom. The van der Waals surface area contributed by atoms with Crippen LogP contribution in [0.2, 0.25) is 5.02 Å². The Balaban J connectivity index is 2.09. The largest absolute Gasteiger partial charge is 0.391 e. The molecule has 0 radical (unpaired) electrons. The Hall–Kier alpha value is -0.330. The molecule has 0 spiro atoms. The van der Waals surface area contributed by atoms with Crippen molar-refractivity contribution in [1.82, 2.24) is 5.32 Å². The summed E-state index contributed by atoms with van der Waals surface area (Å²) in [5.74, 6) is -0.159. The van der Waals surface area contributed by atoms with Crippen molar-refractivity contribution in [3.8, 4) is 0 Å². The summed E-state index contributed by atoms with van der Waals surface area (Å²) in [6, 6.07) is 5.10. The van der Waals surface area contributed by atoms with Gasteiger partial charge in [0.25, 0.3) is 5.91 Å². The summed E-state index contributed by atoms with van der Waals surface area (Å²) >= 11 is 8.01. The summed E-state index contributed by atoms with van der Waals surface area (Å²) in [5.41, 5.74) is 0.570. The van der Waals surface area contributed by atoms with Crippen LogP contribution in [0.15, 0.2) is 18.2 Å². The average molecular weight is 380 g/mol. The summed E-state index contributed by atoms with van der Waals surface area (Å²) in [4.78, 5) is 12.1. The fourth-order valence-corrected chi connectivity index (χ4v) is 2.95. The molecule has 18 heavy (non-hydrogen) atoms. The van der Waals surface area contributed by atoms with Gasteiger partial charge in [-0.2, -0.15) is 0 Å². The molecule has 0 heterocycles. The predicted octanol–water partition coefficient (Wildman–Crippen LogP) is 2.98. The SMILES string of the molecule is O=C(N[C@@H]1CCCC[C@H]1O)c1cc(Cl)ccc1I. The molecule has 1 aromatic carbocycles. The standard InChI is InChI=1S/C13H15ClINO2/c14-8-5-6-10(15)9(7-8)13(18)16-11-3-1-2-4-12(11)17/h5-7,11-12,17H,1-4H2,(H,16,18)/t11-,12-/m1/s1. The molecule has 0 unspecified atom stereocenters. The molecule has 1 amide bonds. The van der Waals surface area contributed by atoms with Gasteiger partial charge in [-0.05, 0) is 53.6 Å². The Kier molecular flexibility index (Phi) is 4.86. The lowest BCUT2D eigenvalue weighted by Crippen LogP contribution is -2.45. The van der Waals surface area contributed by atoms with E-state index in [1.807, 2.05) is 6.07 Å². The zero-order chi connectivity index (χ0) is 13.1. The van der Waals surface area contributed by atoms with Gasteiger partial charge in [-0.1, -0.05) is 24.4 Å². The van der Waals surface area contributed by atoms with Crippen molar-refractivity contribution in [2.45, 2.75) is 37.8 Å². The van der Waals surface area contributed by atoms with Crippen LogP contribution in [0, 0.1) is 3.57 Å². The Morgan fingerprint density at radius 3 is 2.83 bits per heavy atom. The summed E-state index contributed by atoms with van der Waals surface area (Å²) in [7, 11) is 0. The van der Waals surface area contributed by atoms with E-state index in [0.717, 1.165) is 29.3 Å². The van der Waals surface area contributed by atoms with Crippen molar-refractivity contribution in [3.05, 3.63) is 32.4 Å². The van der Waals surface area contributed by atoms with E-state index < -0.39 is 6.10 Å². The van der Waals surface area contributed by atoms with Crippen LogP contribution in [0.3, 0.4) is 0 Å². The minimum atomic E-state index is -0.431. The summed E-state index contributed by atoms with van der Waals surface area (Å²) in [6.45, 7) is 0. The number of hydrogen-bond donors (Lipinski definition) is 2. The number of halogens is 2. The number of aliphatic hydroxyl groups excluding tert-OH is 1. The van der Waals surface area contributed by atoms with Crippen molar-refractivity contribution >= 4 is 40.1 Å². The van der Waals surface area contributed by atoms with Gasteiger partial charge in [0.15, 0.2) is 0 Å². The first kappa shape index (κ1) is 14.1. The number of carbonyl (C=O) groups excluding carboxylic acids is 1. The van der Waals surface area contributed by atoms with E-state index in [9.17, 15) is 9.90 Å². The minimum absolute atomic E-state index is 0.138. The van der Waals surface area contributed by atoms with Gasteiger partial charge in [0.2, 0.25) is 0 Å². The predicted molar refractivity (Wildman–Crippen MR) is 79.9 cm³/mol. The highest BCUT2D eigenvalue weighted by atomic mass is 127. The van der Waals surface area contributed by atoms with Crippen molar-refractivity contribution in [3.63, 3.8) is 0 Å². The second-order valence-corrected chi connectivity index (χ2v) is 6.15. The van der Waals surface area contributed by atoms with Crippen molar-refractivity contribution in [2.24, 2.45) is 0 Å². The van der Waals surface area contributed by atoms with Crippen LogP contribution < -0.4 is 5.32 Å². The lowest BCUT2D eigenvalue weighted by atomic mass is 9.92. The van der Waals surface area contributed by atoms with Gasteiger partial charge in [-0.25, -0.2) is 0 Å². The minimum Gasteiger partial charge on any atom is -0.391 e. The lowest BCUT2D eigenvalue weighted by Gasteiger charge is -2.28. The number of benzene rings is 1. The second kappa shape index (κ2) is 6.21. The fourth-order valence-electron chi connectivity index (χ4n) is 2.20. The van der Waals surface area contributed by atoms with E-state index >= 15 is 0 Å². The highest BCUT2D eigenvalue weighted by molar-refractivity contribution is 14.1. The van der Waals surface area contributed by atoms with Gasteiger partial charge in [-0.3, -0.25) is 4.79 Å². The first-order valence-electron chi connectivity index (χ1n) is 6.02. The Bertz CT molecular complexity index is 453. The number of nitrogens with one attached hydrogen (secondary N) is 1. The first-order chi connectivity index (χ1) is 8.58. The highest BCUT2D eigenvalue weighted by Gasteiger charge is 2.25. The van der Waals surface area contributed by atoms with Gasteiger partial charge >= 0.3 is 0 Å². The van der Waals surface area contributed by atoms with Crippen LogP contribution >= 0.6 is 34.2 Å². The zero-order valence-electron chi connectivity index (χ0n) is 9.83. The molecule has 1 aliphatic rings. The number of rotatable bonds is 2. The maximum Gasteiger partial charge on any atom is 0.252 e. The molecule has 3 nitrogen and oxygen atoms in total. The third-order valence-corrected chi connectivity index (χ3v) is 4.39. The van der Waals surface area contributed by atoms with Crippen LogP contribution in [0.5, 0.6) is 0 Å². The van der Waals surface area contributed by atoms with E-state index in [1.54, 1.807) is 12.1 Å². The third kappa shape index (κ3) is 3.36. The number of amides is 1. The van der Waals surface area contributed by atoms with Crippen LogP contribution in [0.25, 0.3) is 0 Å². The first-order valence-corrected chi connectivity index (χ1v) is 7.47. The smallest absolute Gasteiger partial charge is 0.252 e. The Labute approximate surface area is 125 Å². The molecule has 1 fully saturated rings. The molecule has 1 aliphatic carbocycles. The number of aliphatic hydroxyl groups is 1. The average Bonchev–Trinajstić information content (AvgIpc) is 2.35. The van der Waals surface area contributed by atoms with E-state index in [-0.39, 0.29) is 11.9 Å². The van der Waals surface area contributed by atoms with Crippen molar-refractivity contribution < 1.29 is 9.90 Å². The van der Waals surface area contributed by atoms with Crippen molar-refractivity contribution in [1.29, 1.82) is 0 Å². The van der Waals surface area contributed by atoms with E-state index in [2.05, 4.69) is 27.9 Å². The maximum absolute atomic E-state index is 12.1. The van der Waals surface area contributed by atoms with Crippen LogP contribution in [0.4, 0.5) is 0 Å². The zero-order valence-corrected chi connectivity index (χ0v) is 12.7. The molecule has 2 N–H and O–H groups in total. The number of carbonyl (C=O) groups is 1. The molecule has 98 valence electrons. The van der Waals surface area contributed by atoms with E-state index in [4.69, 9.17) is 11.6 Å². The molecule has 2 atom stereocenters. The van der Waals surface area contributed by atoms with Gasteiger partial charge in [-0.15, -0.1) is 0 Å². The van der Waals surface area contributed by atoms with E-state index in [0.29, 0.717) is 10.6 Å². The monoisotopic (exact) mass is 379 g/mol. The van der Waals surface area contributed by atoms with Gasteiger partial charge in [0, 0.05) is 8.59 Å². The lowest BCUT2D eigenvalue weighted by molar-refractivity contribution is 0.0716. The van der Waals surface area contributed by atoms with Crippen LogP contribution in [0.1, 0.15) is 36.0 Å².